The molecule has 162 valence electrons. The molecule has 0 spiro atoms. The summed E-state index contributed by atoms with van der Waals surface area (Å²) in [5.74, 6) is -0.344. The summed E-state index contributed by atoms with van der Waals surface area (Å²) >= 11 is 0. The summed E-state index contributed by atoms with van der Waals surface area (Å²) in [6.07, 6.45) is 7.14. The van der Waals surface area contributed by atoms with Gasteiger partial charge in [-0.3, -0.25) is 9.69 Å². The summed E-state index contributed by atoms with van der Waals surface area (Å²) in [4.78, 5) is 13.6. The molecule has 0 aromatic heterocycles. The second-order valence-electron chi connectivity index (χ2n) is 7.89. The van der Waals surface area contributed by atoms with Crippen molar-refractivity contribution < 1.29 is 18.7 Å². The molecule has 0 bridgehead atoms. The van der Waals surface area contributed by atoms with Gasteiger partial charge in [0.25, 0.3) is 0 Å². The van der Waals surface area contributed by atoms with Crippen LogP contribution in [0.2, 0.25) is 0 Å². The Morgan fingerprint density at radius 3 is 2.40 bits per heavy atom. The summed E-state index contributed by atoms with van der Waals surface area (Å²) in [5.41, 5.74) is 3.23. The van der Waals surface area contributed by atoms with E-state index < -0.39 is 0 Å². The van der Waals surface area contributed by atoms with Gasteiger partial charge in [-0.15, -0.1) is 0 Å². The average Bonchev–Trinajstić information content (AvgIpc) is 2.79. The number of piperidine rings is 1. The molecule has 0 radical (unpaired) electrons. The monoisotopic (exact) mass is 413 g/mol. The number of likely N-dealkylation sites (tertiary alicyclic amines) is 1. The van der Waals surface area contributed by atoms with Crippen molar-refractivity contribution in [3.05, 3.63) is 59.9 Å². The number of methoxy groups -OCH3 is 1. The zero-order valence-electron chi connectivity index (χ0n) is 17.8. The van der Waals surface area contributed by atoms with E-state index in [1.54, 1.807) is 12.1 Å². The van der Waals surface area contributed by atoms with Crippen molar-refractivity contribution in [2.45, 2.75) is 57.8 Å². The summed E-state index contributed by atoms with van der Waals surface area (Å²) < 4.78 is 24.0. The maximum atomic E-state index is 13.1. The highest BCUT2D eigenvalue weighted by atomic mass is 19.1. The number of ether oxygens (including phenoxy) is 2. The molecule has 0 N–H and O–H groups in total. The Labute approximate surface area is 179 Å². The van der Waals surface area contributed by atoms with Crippen molar-refractivity contribution >= 4 is 5.97 Å². The van der Waals surface area contributed by atoms with Crippen molar-refractivity contribution in [3.8, 4) is 11.1 Å². The molecule has 1 unspecified atom stereocenters. The van der Waals surface area contributed by atoms with Gasteiger partial charge in [-0.1, -0.05) is 42.8 Å². The molecule has 5 heteroatoms. The van der Waals surface area contributed by atoms with E-state index in [0.717, 1.165) is 55.5 Å². The summed E-state index contributed by atoms with van der Waals surface area (Å²) in [6, 6.07) is 14.9. The van der Waals surface area contributed by atoms with Crippen LogP contribution in [-0.4, -0.2) is 37.3 Å². The lowest BCUT2D eigenvalue weighted by molar-refractivity contribution is -0.140. The van der Waals surface area contributed by atoms with E-state index in [9.17, 15) is 9.18 Å². The number of esters is 1. The number of carbonyl (C=O) groups is 1. The highest BCUT2D eigenvalue weighted by molar-refractivity contribution is 5.69. The lowest BCUT2D eigenvalue weighted by Crippen LogP contribution is -2.41. The van der Waals surface area contributed by atoms with E-state index in [0.29, 0.717) is 13.0 Å². The number of benzene rings is 2. The Hall–Kier alpha value is -2.24. The highest BCUT2D eigenvalue weighted by Crippen LogP contribution is 2.23. The lowest BCUT2D eigenvalue weighted by Gasteiger charge is -2.35. The minimum Gasteiger partial charge on any atom is -0.469 e. The maximum Gasteiger partial charge on any atom is 0.305 e. The van der Waals surface area contributed by atoms with E-state index in [2.05, 4.69) is 29.2 Å². The van der Waals surface area contributed by atoms with Gasteiger partial charge in [0.2, 0.25) is 0 Å². The predicted molar refractivity (Wildman–Crippen MR) is 116 cm³/mol. The minimum absolute atomic E-state index is 0.125. The second kappa shape index (κ2) is 11.8. The fraction of sp³-hybridized carbons (Fsp3) is 0.480. The minimum atomic E-state index is -0.218. The summed E-state index contributed by atoms with van der Waals surface area (Å²) in [7, 11) is 1.44. The van der Waals surface area contributed by atoms with Crippen LogP contribution in [0.15, 0.2) is 48.5 Å². The van der Waals surface area contributed by atoms with Gasteiger partial charge in [0.1, 0.15) is 12.0 Å². The van der Waals surface area contributed by atoms with Gasteiger partial charge in [-0.2, -0.15) is 0 Å². The molecule has 2 aromatic carbocycles. The molecule has 3 rings (SSSR count). The van der Waals surface area contributed by atoms with Crippen molar-refractivity contribution in [2.75, 3.05) is 20.2 Å². The predicted octanol–water partition coefficient (Wildman–Crippen LogP) is 5.55. The zero-order chi connectivity index (χ0) is 21.2. The van der Waals surface area contributed by atoms with Crippen molar-refractivity contribution in [1.82, 2.24) is 4.90 Å². The molecule has 1 atom stereocenters. The smallest absolute Gasteiger partial charge is 0.305 e. The normalized spacial score (nSPS) is 17.1. The molecule has 0 saturated carbocycles. The van der Waals surface area contributed by atoms with Gasteiger partial charge >= 0.3 is 5.97 Å². The molecule has 2 aromatic rings. The third-order valence-electron chi connectivity index (χ3n) is 5.68. The van der Waals surface area contributed by atoms with Gasteiger partial charge in [0.05, 0.1) is 13.7 Å². The molecule has 0 aliphatic carbocycles. The van der Waals surface area contributed by atoms with Crippen LogP contribution in [0.5, 0.6) is 0 Å². The summed E-state index contributed by atoms with van der Waals surface area (Å²) in [6.45, 7) is 2.67. The first kappa shape index (κ1) is 22.4. The van der Waals surface area contributed by atoms with Crippen LogP contribution >= 0.6 is 0 Å². The number of rotatable bonds is 10. The standard InChI is InChI=1S/C25H32FNO3/c1-29-25(28)8-3-2-5-17-27-18-6-4-7-24(27)30-19-20-9-11-21(12-10-20)22-13-15-23(26)16-14-22/h9-16,24H,2-8,17-19H2,1H3. The Balaban J connectivity index is 1.44. The molecule has 1 heterocycles. The molecule has 1 fully saturated rings. The number of carbonyl (C=O) groups excluding carboxylic acids is 1. The lowest BCUT2D eigenvalue weighted by atomic mass is 10.0. The number of halogens is 1. The van der Waals surface area contributed by atoms with Crippen LogP contribution < -0.4 is 0 Å². The highest BCUT2D eigenvalue weighted by Gasteiger charge is 2.22. The van der Waals surface area contributed by atoms with Crippen LogP contribution in [0.4, 0.5) is 4.39 Å². The molecule has 1 saturated heterocycles. The van der Waals surface area contributed by atoms with Crippen molar-refractivity contribution in [3.63, 3.8) is 0 Å². The van der Waals surface area contributed by atoms with Crippen molar-refractivity contribution in [1.29, 1.82) is 0 Å². The maximum absolute atomic E-state index is 13.1. The number of hydrogen-bond acceptors (Lipinski definition) is 4. The third-order valence-corrected chi connectivity index (χ3v) is 5.68. The van der Waals surface area contributed by atoms with Gasteiger partial charge in [0, 0.05) is 19.5 Å². The molecule has 1 aliphatic heterocycles. The third kappa shape index (κ3) is 6.92. The molecule has 30 heavy (non-hydrogen) atoms. The fourth-order valence-corrected chi connectivity index (χ4v) is 3.90. The quantitative estimate of drug-likeness (QED) is 0.378. The number of hydrogen-bond donors (Lipinski definition) is 0. The van der Waals surface area contributed by atoms with E-state index in [1.807, 2.05) is 0 Å². The SMILES string of the molecule is COC(=O)CCCCCN1CCCCC1OCc1ccc(-c2ccc(F)cc2)cc1. The Morgan fingerprint density at radius 1 is 1.00 bits per heavy atom. The Morgan fingerprint density at radius 2 is 1.70 bits per heavy atom. The number of unbranched alkanes of at least 4 members (excludes halogenated alkanes) is 2. The summed E-state index contributed by atoms with van der Waals surface area (Å²) in [5, 5.41) is 0. The molecular weight excluding hydrogens is 381 g/mol. The molecule has 4 nitrogen and oxygen atoms in total. The molecule has 0 amide bonds. The van der Waals surface area contributed by atoms with E-state index >= 15 is 0 Å². The van der Waals surface area contributed by atoms with Crippen LogP contribution in [0.3, 0.4) is 0 Å². The largest absolute Gasteiger partial charge is 0.469 e. The van der Waals surface area contributed by atoms with E-state index in [4.69, 9.17) is 9.47 Å². The van der Waals surface area contributed by atoms with Gasteiger partial charge < -0.3 is 9.47 Å². The first-order chi connectivity index (χ1) is 14.7. The zero-order valence-corrected chi connectivity index (χ0v) is 17.8. The van der Waals surface area contributed by atoms with Crippen LogP contribution in [0.1, 0.15) is 50.5 Å². The topological polar surface area (TPSA) is 38.8 Å². The second-order valence-corrected chi connectivity index (χ2v) is 7.89. The van der Waals surface area contributed by atoms with Gasteiger partial charge in [0.15, 0.2) is 0 Å². The molecular formula is C25H32FNO3. The first-order valence-electron chi connectivity index (χ1n) is 10.9. The Bertz CT molecular complexity index is 776. The van der Waals surface area contributed by atoms with E-state index in [-0.39, 0.29) is 18.0 Å². The van der Waals surface area contributed by atoms with Gasteiger partial charge in [-0.25, -0.2) is 4.39 Å². The number of nitrogens with zero attached hydrogens (tertiary/aromatic N) is 1. The van der Waals surface area contributed by atoms with Gasteiger partial charge in [-0.05, 0) is 60.9 Å². The average molecular weight is 414 g/mol. The Kier molecular flexibility index (Phi) is 8.84. The molecule has 1 aliphatic rings. The van der Waals surface area contributed by atoms with Crippen LogP contribution in [-0.2, 0) is 20.9 Å². The van der Waals surface area contributed by atoms with E-state index in [1.165, 1.54) is 32.1 Å². The first-order valence-corrected chi connectivity index (χ1v) is 10.9. The fourth-order valence-electron chi connectivity index (χ4n) is 3.90. The van der Waals surface area contributed by atoms with Crippen LogP contribution in [0, 0.1) is 5.82 Å². The van der Waals surface area contributed by atoms with Crippen molar-refractivity contribution in [2.24, 2.45) is 0 Å². The van der Waals surface area contributed by atoms with Crippen LogP contribution in [0.25, 0.3) is 11.1 Å².